The van der Waals surface area contributed by atoms with Gasteiger partial charge in [-0.3, -0.25) is 9.36 Å². The van der Waals surface area contributed by atoms with E-state index in [0.29, 0.717) is 17.0 Å². The molecule has 80 valence electrons. The lowest BCUT2D eigenvalue weighted by atomic mass is 10.5. The molecule has 15 heavy (non-hydrogen) atoms. The predicted molar refractivity (Wildman–Crippen MR) is 59.3 cm³/mol. The van der Waals surface area contributed by atoms with Crippen molar-refractivity contribution in [3.8, 4) is 0 Å². The Hall–Kier alpha value is -1.50. The summed E-state index contributed by atoms with van der Waals surface area (Å²) < 4.78 is 3.73. The van der Waals surface area contributed by atoms with E-state index in [0.717, 1.165) is 3.97 Å². The molecule has 0 aliphatic rings. The summed E-state index contributed by atoms with van der Waals surface area (Å²) >= 11 is 3.84. The van der Waals surface area contributed by atoms with Crippen molar-refractivity contribution in [3.05, 3.63) is 26.7 Å². The molecular formula is C8H10N4O2S. The van der Waals surface area contributed by atoms with Gasteiger partial charge in [-0.25, -0.2) is 13.8 Å². The van der Waals surface area contributed by atoms with Crippen LogP contribution < -0.4 is 11.2 Å². The Morgan fingerprint density at radius 2 is 1.80 bits per heavy atom. The van der Waals surface area contributed by atoms with E-state index in [1.165, 1.54) is 4.57 Å². The number of hydrogen-bond donors (Lipinski definition) is 1. The standard InChI is InChI=1S/C8H10N4O2S/c1-4-9-6-5(10(4)2)7(13)12(15)8(14)11(6)3/h15H,1-3H3. The molecule has 0 fully saturated rings. The minimum absolute atomic E-state index is 0.379. The zero-order chi connectivity index (χ0) is 11.3. The van der Waals surface area contributed by atoms with Crippen LogP contribution in [-0.2, 0) is 14.1 Å². The molecule has 2 aromatic heterocycles. The summed E-state index contributed by atoms with van der Waals surface area (Å²) in [6.07, 6.45) is 0. The number of nitrogens with zero attached hydrogens (tertiary/aromatic N) is 4. The molecule has 2 rings (SSSR count). The molecule has 0 N–H and O–H groups in total. The summed E-state index contributed by atoms with van der Waals surface area (Å²) in [7, 11) is 3.29. The molecule has 0 bridgehead atoms. The van der Waals surface area contributed by atoms with Crippen molar-refractivity contribution in [3.63, 3.8) is 0 Å². The fourth-order valence-electron chi connectivity index (χ4n) is 1.49. The van der Waals surface area contributed by atoms with Gasteiger partial charge in [-0.15, -0.1) is 0 Å². The van der Waals surface area contributed by atoms with E-state index in [-0.39, 0.29) is 0 Å². The highest BCUT2D eigenvalue weighted by Crippen LogP contribution is 2.07. The van der Waals surface area contributed by atoms with Crippen molar-refractivity contribution in [1.29, 1.82) is 0 Å². The molecule has 0 spiro atoms. The molecule has 6 nitrogen and oxygen atoms in total. The van der Waals surface area contributed by atoms with E-state index in [4.69, 9.17) is 0 Å². The number of fused-ring (bicyclic) bond motifs is 1. The second-order valence-electron chi connectivity index (χ2n) is 3.35. The second kappa shape index (κ2) is 2.99. The second-order valence-corrected chi connectivity index (χ2v) is 3.75. The average Bonchev–Trinajstić information content (AvgIpc) is 2.50. The van der Waals surface area contributed by atoms with Crippen molar-refractivity contribution in [2.45, 2.75) is 6.92 Å². The lowest BCUT2D eigenvalue weighted by Crippen LogP contribution is -2.34. The van der Waals surface area contributed by atoms with E-state index in [1.807, 2.05) is 0 Å². The van der Waals surface area contributed by atoms with Gasteiger partial charge in [-0.2, -0.15) is 0 Å². The average molecular weight is 226 g/mol. The molecule has 0 saturated carbocycles. The molecule has 7 heteroatoms. The monoisotopic (exact) mass is 226 g/mol. The molecular weight excluding hydrogens is 216 g/mol. The largest absolute Gasteiger partial charge is 0.342 e. The van der Waals surface area contributed by atoms with Crippen LogP contribution in [0.3, 0.4) is 0 Å². The molecule has 0 unspecified atom stereocenters. The summed E-state index contributed by atoms with van der Waals surface area (Å²) in [5.41, 5.74) is -0.173. The third-order valence-corrected chi connectivity index (χ3v) is 2.83. The van der Waals surface area contributed by atoms with E-state index < -0.39 is 11.2 Å². The van der Waals surface area contributed by atoms with E-state index in [9.17, 15) is 9.59 Å². The van der Waals surface area contributed by atoms with Crippen LogP contribution in [0.15, 0.2) is 9.59 Å². The minimum Gasteiger partial charge on any atom is -0.325 e. The number of aryl methyl sites for hydroxylation is 3. The Balaban J connectivity index is 3.23. The fraction of sp³-hybridized carbons (Fsp3) is 0.375. The first-order chi connectivity index (χ1) is 6.95. The predicted octanol–water partition coefficient (Wildman–Crippen LogP) is -0.565. The lowest BCUT2D eigenvalue weighted by molar-refractivity contribution is 0.810. The first kappa shape index (κ1) is 10.0. The van der Waals surface area contributed by atoms with Crippen molar-refractivity contribution in [2.24, 2.45) is 14.1 Å². The van der Waals surface area contributed by atoms with Crippen molar-refractivity contribution in [1.82, 2.24) is 18.1 Å². The van der Waals surface area contributed by atoms with Crippen LogP contribution in [0.2, 0.25) is 0 Å². The quantitative estimate of drug-likeness (QED) is 0.612. The first-order valence-electron chi connectivity index (χ1n) is 4.29. The normalized spacial score (nSPS) is 11.2. The van der Waals surface area contributed by atoms with E-state index >= 15 is 0 Å². The van der Waals surface area contributed by atoms with Gasteiger partial charge in [-0.05, 0) is 6.92 Å². The molecule has 0 aliphatic carbocycles. The molecule has 0 radical (unpaired) electrons. The summed E-state index contributed by atoms with van der Waals surface area (Å²) in [5.74, 6) is 0.677. The number of thiol groups is 1. The first-order valence-corrected chi connectivity index (χ1v) is 4.69. The maximum absolute atomic E-state index is 11.7. The summed E-state index contributed by atoms with van der Waals surface area (Å²) in [6, 6.07) is 0. The molecule has 0 atom stereocenters. The van der Waals surface area contributed by atoms with Gasteiger partial charge in [0.05, 0.1) is 0 Å². The van der Waals surface area contributed by atoms with Crippen LogP contribution in [0.1, 0.15) is 5.82 Å². The van der Waals surface area contributed by atoms with E-state index in [2.05, 4.69) is 17.8 Å². The highest BCUT2D eigenvalue weighted by Gasteiger charge is 2.14. The van der Waals surface area contributed by atoms with Crippen molar-refractivity contribution in [2.75, 3.05) is 0 Å². The topological polar surface area (TPSA) is 61.8 Å². The Labute approximate surface area is 90.3 Å². The van der Waals surface area contributed by atoms with E-state index in [1.54, 1.807) is 25.6 Å². The molecule has 0 amide bonds. The van der Waals surface area contributed by atoms with Crippen molar-refractivity contribution >= 4 is 24.0 Å². The Morgan fingerprint density at radius 3 is 2.40 bits per heavy atom. The molecule has 2 heterocycles. The van der Waals surface area contributed by atoms with Gasteiger partial charge >= 0.3 is 5.69 Å². The molecule has 0 aliphatic heterocycles. The van der Waals surface area contributed by atoms with Crippen LogP contribution in [0.5, 0.6) is 0 Å². The van der Waals surface area contributed by atoms with Gasteiger partial charge in [0.1, 0.15) is 5.82 Å². The molecule has 0 saturated heterocycles. The molecule has 2 aromatic rings. The Kier molecular flexibility index (Phi) is 2.00. The van der Waals surface area contributed by atoms with Crippen LogP contribution in [-0.4, -0.2) is 18.1 Å². The fourth-order valence-corrected chi connectivity index (χ4v) is 1.71. The van der Waals surface area contributed by atoms with Crippen molar-refractivity contribution < 1.29 is 0 Å². The SMILES string of the molecule is Cc1nc2c(c(=O)n(S)c(=O)n2C)n1C. The third kappa shape index (κ3) is 1.16. The van der Waals surface area contributed by atoms with Gasteiger partial charge in [0.2, 0.25) is 0 Å². The maximum atomic E-state index is 11.7. The highest BCUT2D eigenvalue weighted by atomic mass is 32.1. The van der Waals surface area contributed by atoms with Crippen LogP contribution in [0.4, 0.5) is 0 Å². The summed E-state index contributed by atoms with van der Waals surface area (Å²) in [4.78, 5) is 27.4. The number of imidazole rings is 1. The van der Waals surface area contributed by atoms with Gasteiger partial charge in [0.15, 0.2) is 11.2 Å². The van der Waals surface area contributed by atoms with Gasteiger partial charge in [0, 0.05) is 14.1 Å². The zero-order valence-corrected chi connectivity index (χ0v) is 9.45. The Bertz CT molecular complexity index is 664. The smallest absolute Gasteiger partial charge is 0.325 e. The van der Waals surface area contributed by atoms with Crippen LogP contribution >= 0.6 is 12.8 Å². The third-order valence-electron chi connectivity index (χ3n) is 2.48. The van der Waals surface area contributed by atoms with Gasteiger partial charge in [0.25, 0.3) is 5.56 Å². The van der Waals surface area contributed by atoms with Gasteiger partial charge in [-0.1, -0.05) is 12.8 Å². The summed E-state index contributed by atoms with van der Waals surface area (Å²) in [5, 5.41) is 0. The minimum atomic E-state index is -0.492. The zero-order valence-electron chi connectivity index (χ0n) is 8.55. The molecule has 0 aromatic carbocycles. The maximum Gasteiger partial charge on any atom is 0.342 e. The van der Waals surface area contributed by atoms with Gasteiger partial charge < -0.3 is 4.57 Å². The summed E-state index contributed by atoms with van der Waals surface area (Å²) in [6.45, 7) is 1.77. The number of hydrogen-bond acceptors (Lipinski definition) is 4. The number of aromatic nitrogens is 4. The highest BCUT2D eigenvalue weighted by molar-refractivity contribution is 7.78. The van der Waals surface area contributed by atoms with Crippen LogP contribution in [0.25, 0.3) is 11.2 Å². The van der Waals surface area contributed by atoms with Crippen LogP contribution in [0, 0.1) is 6.92 Å². The Morgan fingerprint density at radius 1 is 1.20 bits per heavy atom. The number of rotatable bonds is 0. The lowest BCUT2D eigenvalue weighted by Gasteiger charge is -2.02.